The summed E-state index contributed by atoms with van der Waals surface area (Å²) in [6.07, 6.45) is 0. The molecule has 0 spiro atoms. The number of hydrogen-bond acceptors (Lipinski definition) is 4. The smallest absolute Gasteiger partial charge is 0.130 e. The summed E-state index contributed by atoms with van der Waals surface area (Å²) in [5.74, 6) is 0. The van der Waals surface area contributed by atoms with Crippen LogP contribution in [0.3, 0.4) is 0 Å². The molecule has 0 aromatic carbocycles. The fraction of sp³-hybridized carbons (Fsp3) is 0.889. The van der Waals surface area contributed by atoms with Gasteiger partial charge in [0.2, 0.25) is 0 Å². The topological polar surface area (TPSA) is 48.3 Å². The van der Waals surface area contributed by atoms with Gasteiger partial charge in [-0.2, -0.15) is 5.26 Å². The maximum absolute atomic E-state index is 9.08. The molecule has 0 aliphatic carbocycles. The molecule has 1 heterocycles. The molecule has 0 saturated carbocycles. The first kappa shape index (κ1) is 10.5. The number of methoxy groups -OCH3 is 1. The van der Waals surface area contributed by atoms with Crippen molar-refractivity contribution in [3.63, 3.8) is 0 Å². The van der Waals surface area contributed by atoms with Gasteiger partial charge in [0.05, 0.1) is 12.7 Å². The van der Waals surface area contributed by atoms with Crippen LogP contribution in [0.25, 0.3) is 0 Å². The van der Waals surface area contributed by atoms with E-state index < -0.39 is 5.54 Å². The van der Waals surface area contributed by atoms with E-state index in [-0.39, 0.29) is 0 Å². The third kappa shape index (κ3) is 2.41. The zero-order valence-corrected chi connectivity index (χ0v) is 8.34. The van der Waals surface area contributed by atoms with Gasteiger partial charge in [-0.05, 0) is 6.92 Å². The van der Waals surface area contributed by atoms with Crippen LogP contribution in [-0.2, 0) is 4.74 Å². The van der Waals surface area contributed by atoms with E-state index in [0.717, 1.165) is 26.2 Å². The molecule has 1 unspecified atom stereocenters. The highest BCUT2D eigenvalue weighted by molar-refractivity contribution is 5.06. The van der Waals surface area contributed by atoms with Crippen molar-refractivity contribution in [1.29, 1.82) is 5.26 Å². The Labute approximate surface area is 79.5 Å². The van der Waals surface area contributed by atoms with Gasteiger partial charge in [0.25, 0.3) is 0 Å². The second-order valence-electron chi connectivity index (χ2n) is 3.56. The molecule has 4 nitrogen and oxygen atoms in total. The van der Waals surface area contributed by atoms with E-state index in [1.54, 1.807) is 7.11 Å². The van der Waals surface area contributed by atoms with Crippen molar-refractivity contribution < 1.29 is 4.74 Å². The zero-order valence-electron chi connectivity index (χ0n) is 8.34. The fourth-order valence-electron chi connectivity index (χ4n) is 1.63. The van der Waals surface area contributed by atoms with Crippen molar-refractivity contribution in [2.75, 3.05) is 39.9 Å². The maximum Gasteiger partial charge on any atom is 0.130 e. The highest BCUT2D eigenvalue weighted by Crippen LogP contribution is 2.14. The Kier molecular flexibility index (Phi) is 3.67. The minimum absolute atomic E-state index is 0.461. The van der Waals surface area contributed by atoms with E-state index in [0.29, 0.717) is 6.61 Å². The predicted molar refractivity (Wildman–Crippen MR) is 50.3 cm³/mol. The second-order valence-corrected chi connectivity index (χ2v) is 3.56. The Bertz CT molecular complexity index is 196. The molecule has 1 atom stereocenters. The lowest BCUT2D eigenvalue weighted by molar-refractivity contribution is 0.0496. The molecular weight excluding hydrogens is 166 g/mol. The molecule has 1 N–H and O–H groups in total. The quantitative estimate of drug-likeness (QED) is 0.659. The van der Waals surface area contributed by atoms with Crippen LogP contribution < -0.4 is 5.32 Å². The molecular formula is C9H17N3O. The number of nitrogens with one attached hydrogen (secondary N) is 1. The molecule has 1 aliphatic heterocycles. The van der Waals surface area contributed by atoms with Crippen LogP contribution in [-0.4, -0.2) is 50.3 Å². The first-order valence-electron chi connectivity index (χ1n) is 4.59. The molecule has 4 heteroatoms. The summed E-state index contributed by atoms with van der Waals surface area (Å²) >= 11 is 0. The average molecular weight is 183 g/mol. The Hall–Kier alpha value is -0.630. The van der Waals surface area contributed by atoms with Gasteiger partial charge < -0.3 is 10.1 Å². The molecule has 1 rings (SSSR count). The number of ether oxygens (including phenoxy) is 1. The van der Waals surface area contributed by atoms with E-state index in [4.69, 9.17) is 10.00 Å². The van der Waals surface area contributed by atoms with Gasteiger partial charge in [-0.15, -0.1) is 0 Å². The van der Waals surface area contributed by atoms with Crippen LogP contribution in [0.1, 0.15) is 6.92 Å². The Morgan fingerprint density at radius 2 is 2.15 bits per heavy atom. The number of rotatable bonds is 3. The summed E-state index contributed by atoms with van der Waals surface area (Å²) in [6.45, 7) is 6.17. The third-order valence-electron chi connectivity index (χ3n) is 2.48. The minimum atomic E-state index is -0.461. The van der Waals surface area contributed by atoms with E-state index >= 15 is 0 Å². The predicted octanol–water partition coefficient (Wildman–Crippen LogP) is -0.180. The lowest BCUT2D eigenvalue weighted by Gasteiger charge is -2.38. The molecule has 0 aromatic heterocycles. The molecule has 74 valence electrons. The lowest BCUT2D eigenvalue weighted by atomic mass is 10.0. The normalized spacial score (nSPS) is 23.5. The van der Waals surface area contributed by atoms with Crippen molar-refractivity contribution in [3.8, 4) is 6.07 Å². The van der Waals surface area contributed by atoms with Gasteiger partial charge in [0, 0.05) is 33.3 Å². The number of piperazine rings is 1. The first-order chi connectivity index (χ1) is 6.23. The van der Waals surface area contributed by atoms with Gasteiger partial charge >= 0.3 is 0 Å². The van der Waals surface area contributed by atoms with E-state index in [1.165, 1.54) is 0 Å². The SMILES string of the molecule is COCC(C)(C#N)N1CCNCC1. The molecule has 1 aliphatic rings. The first-order valence-corrected chi connectivity index (χ1v) is 4.59. The van der Waals surface area contributed by atoms with E-state index in [2.05, 4.69) is 16.3 Å². The van der Waals surface area contributed by atoms with Crippen molar-refractivity contribution in [3.05, 3.63) is 0 Å². The molecule has 0 bridgehead atoms. The molecule has 0 aromatic rings. The van der Waals surface area contributed by atoms with Crippen LogP contribution >= 0.6 is 0 Å². The van der Waals surface area contributed by atoms with Gasteiger partial charge in [-0.3, -0.25) is 4.90 Å². The average Bonchev–Trinajstić information content (AvgIpc) is 2.19. The van der Waals surface area contributed by atoms with Crippen LogP contribution in [0.4, 0.5) is 0 Å². The molecule has 13 heavy (non-hydrogen) atoms. The number of nitriles is 1. The fourth-order valence-corrected chi connectivity index (χ4v) is 1.63. The molecule has 0 amide bonds. The van der Waals surface area contributed by atoms with E-state index in [1.807, 2.05) is 6.92 Å². The minimum Gasteiger partial charge on any atom is -0.382 e. The van der Waals surface area contributed by atoms with Gasteiger partial charge in [-0.1, -0.05) is 0 Å². The number of hydrogen-bond donors (Lipinski definition) is 1. The summed E-state index contributed by atoms with van der Waals surface area (Å²) in [5, 5.41) is 12.3. The van der Waals surface area contributed by atoms with Gasteiger partial charge in [0.1, 0.15) is 5.54 Å². The van der Waals surface area contributed by atoms with Crippen LogP contribution in [0.5, 0.6) is 0 Å². The molecule has 1 saturated heterocycles. The van der Waals surface area contributed by atoms with Crippen molar-refractivity contribution in [1.82, 2.24) is 10.2 Å². The summed E-state index contributed by atoms with van der Waals surface area (Å²) < 4.78 is 5.07. The maximum atomic E-state index is 9.08. The lowest BCUT2D eigenvalue weighted by Crippen LogP contribution is -2.56. The largest absolute Gasteiger partial charge is 0.382 e. The highest BCUT2D eigenvalue weighted by Gasteiger charge is 2.32. The van der Waals surface area contributed by atoms with Gasteiger partial charge in [-0.25, -0.2) is 0 Å². The Balaban J connectivity index is 2.58. The summed E-state index contributed by atoms with van der Waals surface area (Å²) in [4.78, 5) is 2.17. The molecule has 0 radical (unpaired) electrons. The van der Waals surface area contributed by atoms with Crippen LogP contribution in [0.15, 0.2) is 0 Å². The van der Waals surface area contributed by atoms with Crippen LogP contribution in [0.2, 0.25) is 0 Å². The second kappa shape index (κ2) is 4.56. The Morgan fingerprint density at radius 1 is 1.54 bits per heavy atom. The van der Waals surface area contributed by atoms with Gasteiger partial charge in [0.15, 0.2) is 0 Å². The number of nitrogens with zero attached hydrogens (tertiary/aromatic N) is 2. The van der Waals surface area contributed by atoms with Crippen molar-refractivity contribution in [2.45, 2.75) is 12.5 Å². The zero-order chi connectivity index (χ0) is 9.73. The standard InChI is InChI=1S/C9H17N3O/c1-9(7-10,8-13-2)12-5-3-11-4-6-12/h11H,3-6,8H2,1-2H3. The summed E-state index contributed by atoms with van der Waals surface area (Å²) in [5.41, 5.74) is -0.461. The van der Waals surface area contributed by atoms with Crippen molar-refractivity contribution >= 4 is 0 Å². The third-order valence-corrected chi connectivity index (χ3v) is 2.48. The Morgan fingerprint density at radius 3 is 2.62 bits per heavy atom. The summed E-state index contributed by atoms with van der Waals surface area (Å²) in [6, 6.07) is 2.32. The van der Waals surface area contributed by atoms with Crippen LogP contribution in [0, 0.1) is 11.3 Å². The molecule has 1 fully saturated rings. The van der Waals surface area contributed by atoms with Crippen molar-refractivity contribution in [2.24, 2.45) is 0 Å². The van der Waals surface area contributed by atoms with E-state index in [9.17, 15) is 0 Å². The monoisotopic (exact) mass is 183 g/mol. The highest BCUT2D eigenvalue weighted by atomic mass is 16.5. The summed E-state index contributed by atoms with van der Waals surface area (Å²) in [7, 11) is 1.64.